The quantitative estimate of drug-likeness (QED) is 0.607. The van der Waals surface area contributed by atoms with Crippen LogP contribution in [0.5, 0.6) is 0 Å². The molecule has 1 rings (SSSR count). The molecule has 0 aliphatic carbocycles. The zero-order valence-corrected chi connectivity index (χ0v) is 9.16. The Morgan fingerprint density at radius 2 is 1.93 bits per heavy atom. The first kappa shape index (κ1) is 11.5. The van der Waals surface area contributed by atoms with Crippen molar-refractivity contribution in [3.8, 4) is 0 Å². The van der Waals surface area contributed by atoms with Gasteiger partial charge in [-0.25, -0.2) is 0 Å². The van der Waals surface area contributed by atoms with Gasteiger partial charge in [0.1, 0.15) is 0 Å². The van der Waals surface area contributed by atoms with Crippen molar-refractivity contribution in [2.24, 2.45) is 5.41 Å². The molecule has 0 aromatic carbocycles. The van der Waals surface area contributed by atoms with E-state index in [0.29, 0.717) is 0 Å². The number of ether oxygens (including phenoxy) is 2. The largest absolute Gasteiger partial charge is 0.323 e. The summed E-state index contributed by atoms with van der Waals surface area (Å²) in [5, 5.41) is 0. The molecule has 0 radical (unpaired) electrons. The molecule has 1 fully saturated rings. The van der Waals surface area contributed by atoms with Gasteiger partial charge in [-0.1, -0.05) is 19.1 Å². The molecule has 1 atom stereocenters. The van der Waals surface area contributed by atoms with Crippen molar-refractivity contribution in [3.63, 3.8) is 0 Å². The van der Waals surface area contributed by atoms with Crippen LogP contribution in [0, 0.1) is 5.41 Å². The van der Waals surface area contributed by atoms with Crippen LogP contribution in [-0.2, 0) is 9.47 Å². The molecule has 0 N–H and O–H groups in total. The summed E-state index contributed by atoms with van der Waals surface area (Å²) >= 11 is 0. The first-order valence-electron chi connectivity index (χ1n) is 5.15. The summed E-state index contributed by atoms with van der Waals surface area (Å²) in [6.45, 7) is 11.6. The average Bonchev–Trinajstić information content (AvgIpc) is 2.10. The Morgan fingerprint density at radius 1 is 1.29 bits per heavy atom. The van der Waals surface area contributed by atoms with Crippen LogP contribution >= 0.6 is 0 Å². The van der Waals surface area contributed by atoms with E-state index in [4.69, 9.17) is 9.47 Å². The first-order valence-corrected chi connectivity index (χ1v) is 5.15. The van der Waals surface area contributed by atoms with Gasteiger partial charge in [0, 0.05) is 5.41 Å². The number of hydrogen-bond acceptors (Lipinski definition) is 2. The second kappa shape index (κ2) is 4.76. The lowest BCUT2D eigenvalue weighted by molar-refractivity contribution is -0.409. The summed E-state index contributed by atoms with van der Waals surface area (Å²) < 4.78 is 11.1. The van der Waals surface area contributed by atoms with Crippen LogP contribution in [0.1, 0.15) is 33.1 Å². The Labute approximate surface area is 86.6 Å². The summed E-state index contributed by atoms with van der Waals surface area (Å²) in [7, 11) is 0. The van der Waals surface area contributed by atoms with Crippen LogP contribution in [0.15, 0.2) is 25.3 Å². The summed E-state index contributed by atoms with van der Waals surface area (Å²) in [6, 6.07) is 0. The average molecular weight is 196 g/mol. The minimum absolute atomic E-state index is 0.0441. The maximum absolute atomic E-state index is 5.55. The molecular weight excluding hydrogens is 176 g/mol. The SMILES string of the molecule is C=CCCC(C)(CC=C)C1OC(C)O1. The predicted molar refractivity (Wildman–Crippen MR) is 57.8 cm³/mol. The maximum Gasteiger partial charge on any atom is 0.169 e. The summed E-state index contributed by atoms with van der Waals surface area (Å²) in [5.74, 6) is 0. The van der Waals surface area contributed by atoms with Gasteiger partial charge in [0.05, 0.1) is 0 Å². The highest BCUT2D eigenvalue weighted by molar-refractivity contribution is 4.89. The smallest absolute Gasteiger partial charge is 0.169 e. The molecule has 0 aromatic rings. The molecule has 1 unspecified atom stereocenters. The summed E-state index contributed by atoms with van der Waals surface area (Å²) in [4.78, 5) is 0. The second-order valence-corrected chi connectivity index (χ2v) is 4.15. The van der Waals surface area contributed by atoms with Gasteiger partial charge in [0.2, 0.25) is 0 Å². The fourth-order valence-corrected chi connectivity index (χ4v) is 1.76. The van der Waals surface area contributed by atoms with Gasteiger partial charge >= 0.3 is 0 Å². The van der Waals surface area contributed by atoms with Gasteiger partial charge in [-0.05, 0) is 26.2 Å². The topological polar surface area (TPSA) is 18.5 Å². The van der Waals surface area contributed by atoms with Crippen molar-refractivity contribution in [1.82, 2.24) is 0 Å². The van der Waals surface area contributed by atoms with Gasteiger partial charge in [-0.15, -0.1) is 13.2 Å². The normalized spacial score (nSPS) is 30.1. The third kappa shape index (κ3) is 2.46. The third-order valence-corrected chi connectivity index (χ3v) is 2.73. The van der Waals surface area contributed by atoms with E-state index < -0.39 is 0 Å². The van der Waals surface area contributed by atoms with Crippen LogP contribution < -0.4 is 0 Å². The van der Waals surface area contributed by atoms with Crippen LogP contribution in [0.2, 0.25) is 0 Å². The van der Waals surface area contributed by atoms with Gasteiger partial charge in [-0.2, -0.15) is 0 Å². The van der Waals surface area contributed by atoms with Crippen molar-refractivity contribution in [3.05, 3.63) is 25.3 Å². The van der Waals surface area contributed by atoms with Crippen LogP contribution in [0.4, 0.5) is 0 Å². The van der Waals surface area contributed by atoms with E-state index in [2.05, 4.69) is 20.1 Å². The van der Waals surface area contributed by atoms with Gasteiger partial charge in [0.15, 0.2) is 12.6 Å². The van der Waals surface area contributed by atoms with Crippen molar-refractivity contribution in [1.29, 1.82) is 0 Å². The Bertz CT molecular complexity index is 206. The minimum Gasteiger partial charge on any atom is -0.323 e. The highest BCUT2D eigenvalue weighted by Gasteiger charge is 2.42. The summed E-state index contributed by atoms with van der Waals surface area (Å²) in [5.41, 5.74) is 0.0441. The molecule has 14 heavy (non-hydrogen) atoms. The van der Waals surface area contributed by atoms with E-state index in [1.54, 1.807) is 0 Å². The Hall–Kier alpha value is -0.600. The van der Waals surface area contributed by atoms with Gasteiger partial charge in [-0.3, -0.25) is 0 Å². The second-order valence-electron chi connectivity index (χ2n) is 4.15. The lowest BCUT2D eigenvalue weighted by Gasteiger charge is -2.45. The van der Waals surface area contributed by atoms with Crippen LogP contribution in [0.25, 0.3) is 0 Å². The van der Waals surface area contributed by atoms with E-state index >= 15 is 0 Å². The lowest BCUT2D eigenvalue weighted by Crippen LogP contribution is -2.49. The van der Waals surface area contributed by atoms with E-state index in [-0.39, 0.29) is 18.0 Å². The Kier molecular flexibility index (Phi) is 3.90. The zero-order chi connectivity index (χ0) is 10.6. The fourth-order valence-electron chi connectivity index (χ4n) is 1.76. The molecule has 1 heterocycles. The molecule has 80 valence electrons. The molecule has 1 aliphatic heterocycles. The predicted octanol–water partition coefficient (Wildman–Crippen LogP) is 3.25. The van der Waals surface area contributed by atoms with Crippen LogP contribution in [-0.4, -0.2) is 12.6 Å². The Morgan fingerprint density at radius 3 is 2.36 bits per heavy atom. The molecule has 0 saturated carbocycles. The van der Waals surface area contributed by atoms with E-state index in [1.807, 2.05) is 19.1 Å². The molecule has 2 nitrogen and oxygen atoms in total. The first-order chi connectivity index (χ1) is 6.62. The van der Waals surface area contributed by atoms with Crippen molar-refractivity contribution >= 4 is 0 Å². The minimum atomic E-state index is -0.0737. The Balaban J connectivity index is 2.51. The van der Waals surface area contributed by atoms with Crippen molar-refractivity contribution in [2.45, 2.75) is 45.7 Å². The summed E-state index contributed by atoms with van der Waals surface area (Å²) in [6.07, 6.45) is 6.67. The monoisotopic (exact) mass is 196 g/mol. The highest BCUT2D eigenvalue weighted by atomic mass is 16.9. The zero-order valence-electron chi connectivity index (χ0n) is 9.16. The number of rotatable bonds is 6. The molecule has 1 saturated heterocycles. The van der Waals surface area contributed by atoms with Gasteiger partial charge < -0.3 is 9.47 Å². The fraction of sp³-hybridized carbons (Fsp3) is 0.667. The van der Waals surface area contributed by atoms with Crippen molar-refractivity contribution in [2.75, 3.05) is 0 Å². The maximum atomic E-state index is 5.55. The molecule has 2 heteroatoms. The molecule has 0 aromatic heterocycles. The molecular formula is C12H20O2. The highest BCUT2D eigenvalue weighted by Crippen LogP contribution is 2.40. The van der Waals surface area contributed by atoms with Crippen molar-refractivity contribution < 1.29 is 9.47 Å². The lowest BCUT2D eigenvalue weighted by atomic mass is 9.80. The molecule has 0 amide bonds. The molecule has 0 bridgehead atoms. The van der Waals surface area contributed by atoms with E-state index in [0.717, 1.165) is 19.3 Å². The van der Waals surface area contributed by atoms with Crippen LogP contribution in [0.3, 0.4) is 0 Å². The van der Waals surface area contributed by atoms with Gasteiger partial charge in [0.25, 0.3) is 0 Å². The van der Waals surface area contributed by atoms with E-state index in [9.17, 15) is 0 Å². The number of allylic oxidation sites excluding steroid dienone is 2. The third-order valence-electron chi connectivity index (χ3n) is 2.73. The standard InChI is InChI=1S/C12H20O2/c1-5-7-9-12(4,8-6-2)11-13-10(3)14-11/h5-6,10-11H,1-2,7-9H2,3-4H3. The number of hydrogen-bond donors (Lipinski definition) is 0. The molecule has 0 spiro atoms. The molecule has 1 aliphatic rings. The van der Waals surface area contributed by atoms with E-state index in [1.165, 1.54) is 0 Å².